The molecule has 0 amide bonds. The summed E-state index contributed by atoms with van der Waals surface area (Å²) >= 11 is 7.31. The number of nitrogens with one attached hydrogen (secondary N) is 2. The van der Waals surface area contributed by atoms with Crippen molar-refractivity contribution < 1.29 is 9.47 Å². The van der Waals surface area contributed by atoms with Gasteiger partial charge in [0.15, 0.2) is 5.11 Å². The minimum absolute atomic E-state index is 0.595. The number of anilines is 1. The predicted octanol–water partition coefficient (Wildman–Crippen LogP) is 4.62. The van der Waals surface area contributed by atoms with Crippen molar-refractivity contribution in [2.24, 2.45) is 0 Å². The third-order valence-electron chi connectivity index (χ3n) is 3.93. The minimum Gasteiger partial charge on any atom is -0.497 e. The van der Waals surface area contributed by atoms with Gasteiger partial charge in [-0.2, -0.15) is 11.8 Å². The molecule has 0 atom stereocenters. The van der Waals surface area contributed by atoms with Crippen LogP contribution >= 0.6 is 24.0 Å². The van der Waals surface area contributed by atoms with Crippen molar-refractivity contribution in [1.82, 2.24) is 5.32 Å². The summed E-state index contributed by atoms with van der Waals surface area (Å²) in [6, 6.07) is 14.1. The molecule has 0 radical (unpaired) electrons. The summed E-state index contributed by atoms with van der Waals surface area (Å²) in [5.74, 6) is 3.59. The van der Waals surface area contributed by atoms with Crippen LogP contribution in [-0.2, 0) is 5.75 Å². The highest BCUT2D eigenvalue weighted by Gasteiger charge is 2.06. The normalized spacial score (nSPS) is 10.3. The summed E-state index contributed by atoms with van der Waals surface area (Å²) < 4.78 is 10.6. The number of methoxy groups -OCH3 is 2. The number of rotatable bonds is 9. The van der Waals surface area contributed by atoms with Gasteiger partial charge in [0.25, 0.3) is 0 Å². The Balaban J connectivity index is 1.67. The van der Waals surface area contributed by atoms with Crippen LogP contribution in [0, 0.1) is 6.92 Å². The second kappa shape index (κ2) is 10.9. The molecule has 6 heteroatoms. The first-order valence-electron chi connectivity index (χ1n) is 8.53. The first-order valence-corrected chi connectivity index (χ1v) is 10.1. The molecule has 0 spiro atoms. The van der Waals surface area contributed by atoms with Gasteiger partial charge in [0.05, 0.1) is 19.9 Å². The van der Waals surface area contributed by atoms with E-state index >= 15 is 0 Å². The fourth-order valence-corrected chi connectivity index (χ4v) is 3.65. The van der Waals surface area contributed by atoms with Crippen molar-refractivity contribution in [3.05, 3.63) is 53.6 Å². The summed E-state index contributed by atoms with van der Waals surface area (Å²) in [6.45, 7) is 3.00. The van der Waals surface area contributed by atoms with Gasteiger partial charge in [-0.15, -0.1) is 0 Å². The molecular weight excluding hydrogens is 364 g/mol. The van der Waals surface area contributed by atoms with Gasteiger partial charge in [0, 0.05) is 18.4 Å². The molecule has 0 heterocycles. The molecular formula is C20H26N2O2S2. The lowest BCUT2D eigenvalue weighted by Gasteiger charge is -2.14. The number of hydrogen-bond acceptors (Lipinski definition) is 4. The number of thiocarbonyl (C=S) groups is 1. The summed E-state index contributed by atoms with van der Waals surface area (Å²) in [7, 11) is 3.26. The summed E-state index contributed by atoms with van der Waals surface area (Å²) in [5.41, 5.74) is 3.59. The minimum atomic E-state index is 0.595. The summed E-state index contributed by atoms with van der Waals surface area (Å²) in [4.78, 5) is 0. The summed E-state index contributed by atoms with van der Waals surface area (Å²) in [5, 5.41) is 7.01. The van der Waals surface area contributed by atoms with Crippen LogP contribution in [0.1, 0.15) is 17.5 Å². The fourth-order valence-electron chi connectivity index (χ4n) is 2.40. The third kappa shape index (κ3) is 6.42. The van der Waals surface area contributed by atoms with Crippen LogP contribution in [0.25, 0.3) is 0 Å². The van der Waals surface area contributed by atoms with Crippen LogP contribution in [0.5, 0.6) is 11.5 Å². The maximum atomic E-state index is 5.36. The zero-order chi connectivity index (χ0) is 18.8. The van der Waals surface area contributed by atoms with Crippen molar-refractivity contribution in [2.75, 3.05) is 31.8 Å². The first-order chi connectivity index (χ1) is 12.6. The molecule has 2 rings (SSSR count). The van der Waals surface area contributed by atoms with Crippen molar-refractivity contribution in [1.29, 1.82) is 0 Å². The van der Waals surface area contributed by atoms with Crippen LogP contribution < -0.4 is 20.1 Å². The van der Waals surface area contributed by atoms with E-state index in [0.717, 1.165) is 35.9 Å². The van der Waals surface area contributed by atoms with Crippen molar-refractivity contribution >= 4 is 34.8 Å². The Labute approximate surface area is 165 Å². The highest BCUT2D eigenvalue weighted by atomic mass is 32.2. The lowest BCUT2D eigenvalue weighted by molar-refractivity contribution is 0.395. The lowest BCUT2D eigenvalue weighted by Crippen LogP contribution is -2.29. The molecule has 4 nitrogen and oxygen atoms in total. The molecule has 0 aliphatic heterocycles. The molecule has 2 aromatic carbocycles. The van der Waals surface area contributed by atoms with Gasteiger partial charge in [-0.25, -0.2) is 0 Å². The Bertz CT molecular complexity index is 723. The Hall–Kier alpha value is -1.92. The molecule has 0 unspecified atom stereocenters. The molecule has 2 aromatic rings. The molecule has 0 aliphatic rings. The zero-order valence-electron chi connectivity index (χ0n) is 15.5. The average molecular weight is 391 g/mol. The molecule has 2 N–H and O–H groups in total. The van der Waals surface area contributed by atoms with Gasteiger partial charge in [-0.05, 0) is 54.6 Å². The maximum Gasteiger partial charge on any atom is 0.170 e. The maximum absolute atomic E-state index is 5.36. The Kier molecular flexibility index (Phi) is 8.58. The standard InChI is InChI=1S/C20H26N2O2S2/c1-15-7-4-5-8-16(15)14-26-12-6-11-21-20(25)22-18-10-9-17(23-2)13-19(18)24-3/h4-5,7-10,13H,6,11-12,14H2,1-3H3,(H2,21,22,25). The Morgan fingerprint density at radius 2 is 1.92 bits per heavy atom. The highest BCUT2D eigenvalue weighted by Crippen LogP contribution is 2.28. The lowest BCUT2D eigenvalue weighted by atomic mass is 10.1. The number of ether oxygens (including phenoxy) is 2. The van der Waals surface area contributed by atoms with E-state index in [1.165, 1.54) is 11.1 Å². The van der Waals surface area contributed by atoms with E-state index in [-0.39, 0.29) is 0 Å². The van der Waals surface area contributed by atoms with E-state index in [2.05, 4.69) is 41.8 Å². The van der Waals surface area contributed by atoms with Crippen molar-refractivity contribution in [2.45, 2.75) is 19.1 Å². The van der Waals surface area contributed by atoms with Crippen LogP contribution in [0.4, 0.5) is 5.69 Å². The number of hydrogen-bond donors (Lipinski definition) is 2. The van der Waals surface area contributed by atoms with Crippen molar-refractivity contribution in [3.8, 4) is 11.5 Å². The van der Waals surface area contributed by atoms with E-state index in [4.69, 9.17) is 21.7 Å². The Morgan fingerprint density at radius 3 is 2.65 bits per heavy atom. The van der Waals surface area contributed by atoms with Crippen LogP contribution in [0.2, 0.25) is 0 Å². The molecule has 0 saturated carbocycles. The first kappa shape index (κ1) is 20.4. The van der Waals surface area contributed by atoms with E-state index in [0.29, 0.717) is 10.9 Å². The van der Waals surface area contributed by atoms with Gasteiger partial charge < -0.3 is 20.1 Å². The zero-order valence-corrected chi connectivity index (χ0v) is 17.1. The number of thioether (sulfide) groups is 1. The van der Waals surface area contributed by atoms with Gasteiger partial charge in [-0.3, -0.25) is 0 Å². The number of aryl methyl sites for hydroxylation is 1. The van der Waals surface area contributed by atoms with E-state index in [1.54, 1.807) is 14.2 Å². The van der Waals surface area contributed by atoms with Gasteiger partial charge in [-0.1, -0.05) is 24.3 Å². The monoisotopic (exact) mass is 390 g/mol. The molecule has 26 heavy (non-hydrogen) atoms. The molecule has 0 saturated heterocycles. The van der Waals surface area contributed by atoms with Crippen molar-refractivity contribution in [3.63, 3.8) is 0 Å². The largest absolute Gasteiger partial charge is 0.497 e. The third-order valence-corrected chi connectivity index (χ3v) is 5.27. The fraction of sp³-hybridized carbons (Fsp3) is 0.350. The van der Waals surface area contributed by atoms with Gasteiger partial charge >= 0.3 is 0 Å². The van der Waals surface area contributed by atoms with E-state index in [1.807, 2.05) is 30.0 Å². The van der Waals surface area contributed by atoms with Gasteiger partial charge in [0.2, 0.25) is 0 Å². The van der Waals surface area contributed by atoms with Crippen LogP contribution in [0.15, 0.2) is 42.5 Å². The van der Waals surface area contributed by atoms with E-state index < -0.39 is 0 Å². The molecule has 140 valence electrons. The van der Waals surface area contributed by atoms with Crippen LogP contribution in [-0.4, -0.2) is 31.6 Å². The molecule has 0 bridgehead atoms. The number of benzene rings is 2. The Morgan fingerprint density at radius 1 is 1.12 bits per heavy atom. The molecule has 0 aliphatic carbocycles. The quantitative estimate of drug-likeness (QED) is 0.481. The average Bonchev–Trinajstić information content (AvgIpc) is 2.66. The smallest absolute Gasteiger partial charge is 0.170 e. The molecule has 0 aromatic heterocycles. The SMILES string of the molecule is COc1ccc(NC(=S)NCCCSCc2ccccc2C)c(OC)c1. The molecule has 0 fully saturated rings. The van der Waals surface area contributed by atoms with E-state index in [9.17, 15) is 0 Å². The topological polar surface area (TPSA) is 42.5 Å². The predicted molar refractivity (Wildman–Crippen MR) is 116 cm³/mol. The second-order valence-corrected chi connectivity index (χ2v) is 7.29. The van der Waals surface area contributed by atoms with Crippen LogP contribution in [0.3, 0.4) is 0 Å². The summed E-state index contributed by atoms with van der Waals surface area (Å²) in [6.07, 6.45) is 1.05. The second-order valence-electron chi connectivity index (χ2n) is 5.78. The van der Waals surface area contributed by atoms with Gasteiger partial charge in [0.1, 0.15) is 11.5 Å². The highest BCUT2D eigenvalue weighted by molar-refractivity contribution is 7.98.